The summed E-state index contributed by atoms with van der Waals surface area (Å²) in [5.74, 6) is 1.37. The van der Waals surface area contributed by atoms with Crippen molar-refractivity contribution in [3.63, 3.8) is 0 Å². The number of piperidine rings is 1. The molecule has 1 atom stereocenters. The first-order valence-electron chi connectivity index (χ1n) is 7.25. The van der Waals surface area contributed by atoms with Crippen molar-refractivity contribution < 1.29 is 4.79 Å². The Morgan fingerprint density at radius 3 is 3.19 bits per heavy atom. The molecule has 0 saturated carbocycles. The summed E-state index contributed by atoms with van der Waals surface area (Å²) < 4.78 is 0. The molecule has 1 fully saturated rings. The molecule has 1 saturated heterocycles. The maximum absolute atomic E-state index is 11.9. The van der Waals surface area contributed by atoms with Gasteiger partial charge in [0.15, 0.2) is 0 Å². The molecule has 2 N–H and O–H groups in total. The maximum atomic E-state index is 11.9. The largest absolute Gasteiger partial charge is 0.356 e. The van der Waals surface area contributed by atoms with Gasteiger partial charge in [-0.2, -0.15) is 0 Å². The van der Waals surface area contributed by atoms with Crippen LogP contribution in [0.15, 0.2) is 36.9 Å². The van der Waals surface area contributed by atoms with Crippen LogP contribution in [0.4, 0.5) is 5.82 Å². The minimum absolute atomic E-state index is 0.0949. The van der Waals surface area contributed by atoms with Gasteiger partial charge in [0.1, 0.15) is 11.5 Å². The van der Waals surface area contributed by atoms with E-state index in [1.807, 2.05) is 24.4 Å². The lowest BCUT2D eigenvalue weighted by Crippen LogP contribution is -2.41. The lowest BCUT2D eigenvalue weighted by atomic mass is 9.98. The van der Waals surface area contributed by atoms with Gasteiger partial charge in [-0.25, -0.2) is 9.97 Å². The molecule has 1 aliphatic rings. The summed E-state index contributed by atoms with van der Waals surface area (Å²) in [4.78, 5) is 25.3. The van der Waals surface area contributed by atoms with Crippen LogP contribution < -0.4 is 10.2 Å². The van der Waals surface area contributed by atoms with E-state index in [1.54, 1.807) is 0 Å². The van der Waals surface area contributed by atoms with Crippen molar-refractivity contribution in [2.24, 2.45) is 5.92 Å². The van der Waals surface area contributed by atoms with E-state index in [2.05, 4.69) is 25.2 Å². The van der Waals surface area contributed by atoms with Gasteiger partial charge in [-0.15, -0.1) is 0 Å². The van der Waals surface area contributed by atoms with Gasteiger partial charge >= 0.3 is 0 Å². The molecule has 1 unspecified atom stereocenters. The Kier molecular flexibility index (Phi) is 4.14. The molecule has 21 heavy (non-hydrogen) atoms. The summed E-state index contributed by atoms with van der Waals surface area (Å²) in [5.41, 5.74) is 0.507. The van der Waals surface area contributed by atoms with Gasteiger partial charge in [-0.05, 0) is 30.9 Å². The highest BCUT2D eigenvalue weighted by Crippen LogP contribution is 2.20. The SMILES string of the molecule is O=C(NCC1CCCN(c2ccccn2)C1)c1cnc[nH]1. The van der Waals surface area contributed by atoms with E-state index in [9.17, 15) is 4.79 Å². The normalized spacial score (nSPS) is 18.5. The Labute approximate surface area is 123 Å². The zero-order valence-corrected chi connectivity index (χ0v) is 11.8. The maximum Gasteiger partial charge on any atom is 0.269 e. The number of pyridine rings is 1. The number of nitrogens with one attached hydrogen (secondary N) is 2. The number of aromatic nitrogens is 3. The second-order valence-corrected chi connectivity index (χ2v) is 5.32. The van der Waals surface area contributed by atoms with Crippen LogP contribution in [0.3, 0.4) is 0 Å². The lowest BCUT2D eigenvalue weighted by molar-refractivity contribution is 0.0941. The van der Waals surface area contributed by atoms with Crippen molar-refractivity contribution in [3.8, 4) is 0 Å². The van der Waals surface area contributed by atoms with Crippen LogP contribution in [-0.2, 0) is 0 Å². The highest BCUT2D eigenvalue weighted by Gasteiger charge is 2.21. The highest BCUT2D eigenvalue weighted by atomic mass is 16.1. The molecule has 1 aliphatic heterocycles. The van der Waals surface area contributed by atoms with E-state index in [-0.39, 0.29) is 5.91 Å². The predicted octanol–water partition coefficient (Wildman–Crippen LogP) is 1.45. The average Bonchev–Trinajstić information content (AvgIpc) is 3.08. The third-order valence-corrected chi connectivity index (χ3v) is 3.79. The van der Waals surface area contributed by atoms with E-state index in [0.29, 0.717) is 18.2 Å². The summed E-state index contributed by atoms with van der Waals surface area (Å²) in [6, 6.07) is 5.97. The molecule has 2 aromatic rings. The Hall–Kier alpha value is -2.37. The van der Waals surface area contributed by atoms with Crippen LogP contribution in [0, 0.1) is 5.92 Å². The summed E-state index contributed by atoms with van der Waals surface area (Å²) in [5, 5.41) is 2.97. The minimum atomic E-state index is -0.0949. The molecule has 3 rings (SSSR count). The van der Waals surface area contributed by atoms with Gasteiger partial charge in [0, 0.05) is 25.8 Å². The van der Waals surface area contributed by atoms with Crippen LogP contribution in [0.25, 0.3) is 0 Å². The second kappa shape index (κ2) is 6.39. The second-order valence-electron chi connectivity index (χ2n) is 5.32. The fraction of sp³-hybridized carbons (Fsp3) is 0.400. The summed E-state index contributed by atoms with van der Waals surface area (Å²) in [6.45, 7) is 2.64. The molecular formula is C15H19N5O. The van der Waals surface area contributed by atoms with Crippen molar-refractivity contribution in [2.45, 2.75) is 12.8 Å². The molecule has 0 radical (unpaired) electrons. The first kappa shape index (κ1) is 13.6. The van der Waals surface area contributed by atoms with Crippen molar-refractivity contribution >= 4 is 11.7 Å². The quantitative estimate of drug-likeness (QED) is 0.891. The predicted molar refractivity (Wildman–Crippen MR) is 80.1 cm³/mol. The Morgan fingerprint density at radius 1 is 1.48 bits per heavy atom. The molecule has 110 valence electrons. The number of hydrogen-bond donors (Lipinski definition) is 2. The summed E-state index contributed by atoms with van der Waals surface area (Å²) in [6.07, 6.45) is 7.13. The van der Waals surface area contributed by atoms with Crippen LogP contribution in [-0.4, -0.2) is 40.5 Å². The smallest absolute Gasteiger partial charge is 0.269 e. The Morgan fingerprint density at radius 2 is 2.43 bits per heavy atom. The van der Waals surface area contributed by atoms with Crippen molar-refractivity contribution in [1.29, 1.82) is 0 Å². The topological polar surface area (TPSA) is 73.9 Å². The molecular weight excluding hydrogens is 266 g/mol. The van der Waals surface area contributed by atoms with Crippen LogP contribution in [0.2, 0.25) is 0 Å². The molecule has 2 aromatic heterocycles. The van der Waals surface area contributed by atoms with Gasteiger partial charge in [-0.1, -0.05) is 6.07 Å². The molecule has 0 bridgehead atoms. The molecule has 1 amide bonds. The van der Waals surface area contributed by atoms with Crippen LogP contribution >= 0.6 is 0 Å². The van der Waals surface area contributed by atoms with Crippen molar-refractivity contribution in [3.05, 3.63) is 42.6 Å². The van der Waals surface area contributed by atoms with Gasteiger partial charge in [0.2, 0.25) is 0 Å². The number of hydrogen-bond acceptors (Lipinski definition) is 4. The first-order valence-corrected chi connectivity index (χ1v) is 7.25. The molecule has 6 nitrogen and oxygen atoms in total. The lowest BCUT2D eigenvalue weighted by Gasteiger charge is -2.33. The number of imidazole rings is 1. The summed E-state index contributed by atoms with van der Waals surface area (Å²) >= 11 is 0. The van der Waals surface area contributed by atoms with E-state index >= 15 is 0 Å². The molecule has 3 heterocycles. The molecule has 0 aliphatic carbocycles. The fourth-order valence-corrected chi connectivity index (χ4v) is 2.69. The van der Waals surface area contributed by atoms with E-state index in [4.69, 9.17) is 0 Å². The molecule has 0 aromatic carbocycles. The minimum Gasteiger partial charge on any atom is -0.356 e. The summed E-state index contributed by atoms with van der Waals surface area (Å²) in [7, 11) is 0. The first-order chi connectivity index (χ1) is 10.3. The van der Waals surface area contributed by atoms with Gasteiger partial charge < -0.3 is 15.2 Å². The number of amides is 1. The fourth-order valence-electron chi connectivity index (χ4n) is 2.69. The number of carbonyl (C=O) groups is 1. The number of carbonyl (C=O) groups excluding carboxylic acids is 1. The van der Waals surface area contributed by atoms with E-state index in [1.165, 1.54) is 12.5 Å². The van der Waals surface area contributed by atoms with E-state index in [0.717, 1.165) is 31.7 Å². The Bertz CT molecular complexity index is 569. The number of anilines is 1. The number of nitrogens with zero attached hydrogens (tertiary/aromatic N) is 3. The van der Waals surface area contributed by atoms with Crippen molar-refractivity contribution in [1.82, 2.24) is 20.3 Å². The van der Waals surface area contributed by atoms with Crippen LogP contribution in [0.5, 0.6) is 0 Å². The average molecular weight is 285 g/mol. The zero-order chi connectivity index (χ0) is 14.5. The monoisotopic (exact) mass is 285 g/mol. The molecule has 6 heteroatoms. The zero-order valence-electron chi connectivity index (χ0n) is 11.8. The number of H-pyrrole nitrogens is 1. The van der Waals surface area contributed by atoms with Gasteiger partial charge in [0.25, 0.3) is 5.91 Å². The molecule has 0 spiro atoms. The number of aromatic amines is 1. The Balaban J connectivity index is 1.53. The van der Waals surface area contributed by atoms with Gasteiger partial charge in [0.05, 0.1) is 12.5 Å². The standard InChI is InChI=1S/C15H19N5O/c21-15(13-9-16-11-19-13)18-8-12-4-3-7-20(10-12)14-5-1-2-6-17-14/h1-2,5-6,9,11-12H,3-4,7-8,10H2,(H,16,19)(H,18,21). The van der Waals surface area contributed by atoms with Gasteiger partial charge in [-0.3, -0.25) is 4.79 Å². The number of rotatable bonds is 4. The van der Waals surface area contributed by atoms with Crippen molar-refractivity contribution in [2.75, 3.05) is 24.5 Å². The van der Waals surface area contributed by atoms with Crippen LogP contribution in [0.1, 0.15) is 23.3 Å². The van der Waals surface area contributed by atoms with E-state index < -0.39 is 0 Å². The third kappa shape index (κ3) is 3.39. The third-order valence-electron chi connectivity index (χ3n) is 3.79. The highest BCUT2D eigenvalue weighted by molar-refractivity contribution is 5.91.